The van der Waals surface area contributed by atoms with Crippen molar-refractivity contribution >= 4 is 17.5 Å². The van der Waals surface area contributed by atoms with E-state index in [1.165, 1.54) is 4.90 Å². The number of carbonyl (C=O) groups is 2. The Kier molecular flexibility index (Phi) is 5.27. The van der Waals surface area contributed by atoms with Crippen molar-refractivity contribution in [3.8, 4) is 5.75 Å². The van der Waals surface area contributed by atoms with Gasteiger partial charge in [-0.1, -0.05) is 42.0 Å². The molecule has 0 fully saturated rings. The molecule has 1 heterocycles. The molecule has 0 aromatic heterocycles. The molecule has 0 saturated carbocycles. The number of ether oxygens (including phenoxy) is 1. The van der Waals surface area contributed by atoms with Gasteiger partial charge < -0.3 is 14.5 Å². The lowest BCUT2D eigenvalue weighted by atomic mass is 9.98. The maximum atomic E-state index is 13.4. The van der Waals surface area contributed by atoms with Gasteiger partial charge in [-0.25, -0.2) is 0 Å². The van der Waals surface area contributed by atoms with Gasteiger partial charge in [0.25, 0.3) is 17.4 Å². The molecule has 1 unspecified atom stereocenters. The molecular formula is C23H26N2O3. The summed E-state index contributed by atoms with van der Waals surface area (Å²) in [7, 11) is 1.67. The van der Waals surface area contributed by atoms with Crippen LogP contribution in [0, 0.1) is 13.8 Å². The predicted molar refractivity (Wildman–Crippen MR) is 110 cm³/mol. The molecular weight excluding hydrogens is 352 g/mol. The van der Waals surface area contributed by atoms with Gasteiger partial charge >= 0.3 is 0 Å². The quantitative estimate of drug-likeness (QED) is 0.590. The van der Waals surface area contributed by atoms with Crippen LogP contribution < -0.4 is 9.64 Å². The number of rotatable bonds is 5. The second kappa shape index (κ2) is 7.50. The van der Waals surface area contributed by atoms with E-state index in [4.69, 9.17) is 4.74 Å². The van der Waals surface area contributed by atoms with Gasteiger partial charge in [-0.15, -0.1) is 6.58 Å². The number of hydrogen-bond donors (Lipinski definition) is 0. The zero-order valence-corrected chi connectivity index (χ0v) is 16.9. The minimum absolute atomic E-state index is 0.323. The highest BCUT2D eigenvalue weighted by atomic mass is 16.5. The van der Waals surface area contributed by atoms with Gasteiger partial charge in [0.1, 0.15) is 5.75 Å². The molecule has 2 aromatic carbocycles. The predicted octanol–water partition coefficient (Wildman–Crippen LogP) is 3.63. The lowest BCUT2D eigenvalue weighted by Gasteiger charge is -2.40. The van der Waals surface area contributed by atoms with Crippen LogP contribution in [-0.4, -0.2) is 35.9 Å². The lowest BCUT2D eigenvalue weighted by molar-refractivity contribution is -0.155. The molecule has 0 radical (unpaired) electrons. The van der Waals surface area contributed by atoms with Crippen LogP contribution in [-0.2, 0) is 16.1 Å². The monoisotopic (exact) mass is 378 g/mol. The molecule has 1 aliphatic heterocycles. The Morgan fingerprint density at radius 2 is 1.82 bits per heavy atom. The number of anilines is 1. The fourth-order valence-corrected chi connectivity index (χ4v) is 3.39. The zero-order chi connectivity index (χ0) is 20.5. The van der Waals surface area contributed by atoms with E-state index in [-0.39, 0.29) is 11.8 Å². The van der Waals surface area contributed by atoms with E-state index in [1.54, 1.807) is 31.0 Å². The van der Waals surface area contributed by atoms with Gasteiger partial charge in [-0.2, -0.15) is 0 Å². The summed E-state index contributed by atoms with van der Waals surface area (Å²) in [6.45, 7) is 9.96. The van der Waals surface area contributed by atoms with E-state index in [0.29, 0.717) is 24.5 Å². The smallest absolute Gasteiger partial charge is 0.280 e. The van der Waals surface area contributed by atoms with Crippen molar-refractivity contribution in [3.05, 3.63) is 71.8 Å². The first kappa shape index (κ1) is 19.7. The molecule has 5 nitrogen and oxygen atoms in total. The van der Waals surface area contributed by atoms with Crippen LogP contribution in [0.1, 0.15) is 23.6 Å². The molecule has 2 aromatic rings. The molecule has 2 amide bonds. The van der Waals surface area contributed by atoms with Crippen molar-refractivity contribution in [2.24, 2.45) is 0 Å². The minimum Gasteiger partial charge on any atom is -0.465 e. The van der Waals surface area contributed by atoms with Crippen molar-refractivity contribution in [1.29, 1.82) is 0 Å². The minimum atomic E-state index is -1.62. The molecule has 0 N–H and O–H groups in total. The zero-order valence-electron chi connectivity index (χ0n) is 16.9. The molecule has 0 aliphatic carbocycles. The number of likely N-dealkylation sites (N-methyl/N-ethyl adjacent to an activating group) is 1. The van der Waals surface area contributed by atoms with Crippen LogP contribution in [0.4, 0.5) is 5.69 Å². The van der Waals surface area contributed by atoms with Crippen LogP contribution in [0.3, 0.4) is 0 Å². The number of amides is 2. The van der Waals surface area contributed by atoms with Gasteiger partial charge in [0.05, 0.1) is 5.69 Å². The van der Waals surface area contributed by atoms with Gasteiger partial charge in [-0.3, -0.25) is 9.59 Å². The second-order valence-corrected chi connectivity index (χ2v) is 7.43. The fourth-order valence-electron chi connectivity index (χ4n) is 3.39. The number of fused-ring (bicyclic) bond motifs is 1. The summed E-state index contributed by atoms with van der Waals surface area (Å²) in [5.41, 5.74) is 2.20. The van der Waals surface area contributed by atoms with Crippen molar-refractivity contribution in [2.75, 3.05) is 18.5 Å². The first-order valence-corrected chi connectivity index (χ1v) is 9.30. The number of hydrogen-bond acceptors (Lipinski definition) is 3. The second-order valence-electron chi connectivity index (χ2n) is 7.43. The summed E-state index contributed by atoms with van der Waals surface area (Å²) < 4.78 is 5.99. The van der Waals surface area contributed by atoms with Crippen LogP contribution in [0.25, 0.3) is 0 Å². The van der Waals surface area contributed by atoms with Gasteiger partial charge in [0.2, 0.25) is 0 Å². The summed E-state index contributed by atoms with van der Waals surface area (Å²) in [5, 5.41) is 0. The Balaban J connectivity index is 1.93. The average Bonchev–Trinajstić information content (AvgIpc) is 2.68. The molecule has 1 atom stereocenters. The van der Waals surface area contributed by atoms with E-state index in [0.717, 1.165) is 16.7 Å². The summed E-state index contributed by atoms with van der Waals surface area (Å²) in [4.78, 5) is 29.6. The number of nitrogens with zero attached hydrogens (tertiary/aromatic N) is 2. The first-order valence-electron chi connectivity index (χ1n) is 9.30. The molecule has 5 heteroatoms. The molecule has 0 bridgehead atoms. The Hall–Kier alpha value is -3.08. The normalized spacial score (nSPS) is 18.3. The van der Waals surface area contributed by atoms with Crippen LogP contribution >= 0.6 is 0 Å². The molecule has 146 valence electrons. The average molecular weight is 378 g/mol. The van der Waals surface area contributed by atoms with Crippen molar-refractivity contribution < 1.29 is 14.3 Å². The number of aryl methyl sites for hydroxylation is 2. The highest BCUT2D eigenvalue weighted by Crippen LogP contribution is 2.38. The maximum Gasteiger partial charge on any atom is 0.280 e. The number of carbonyl (C=O) groups excluding carboxylic acids is 2. The molecule has 28 heavy (non-hydrogen) atoms. The fraction of sp³-hybridized carbons (Fsp3) is 0.304. The van der Waals surface area contributed by atoms with E-state index in [1.807, 2.05) is 50.2 Å². The van der Waals surface area contributed by atoms with Crippen LogP contribution in [0.5, 0.6) is 5.75 Å². The number of benzene rings is 2. The van der Waals surface area contributed by atoms with E-state index >= 15 is 0 Å². The van der Waals surface area contributed by atoms with Crippen molar-refractivity contribution in [2.45, 2.75) is 32.9 Å². The van der Waals surface area contributed by atoms with Gasteiger partial charge in [0, 0.05) is 20.1 Å². The van der Waals surface area contributed by atoms with Crippen molar-refractivity contribution in [3.63, 3.8) is 0 Å². The largest absolute Gasteiger partial charge is 0.465 e. The van der Waals surface area contributed by atoms with E-state index < -0.39 is 5.60 Å². The first-order chi connectivity index (χ1) is 13.3. The summed E-state index contributed by atoms with van der Waals surface area (Å²) in [6, 6.07) is 13.6. The van der Waals surface area contributed by atoms with Crippen LogP contribution in [0.2, 0.25) is 0 Å². The van der Waals surface area contributed by atoms with Gasteiger partial charge in [-0.05, 0) is 44.0 Å². The summed E-state index contributed by atoms with van der Waals surface area (Å²) in [6.07, 6.45) is 1.66. The third-order valence-corrected chi connectivity index (χ3v) is 5.04. The standard InChI is InChI=1S/C23H26N2O3/c1-6-13-25(15-18-10-7-16(2)8-11-18)22(27)23(4)21(26)24(5)19-14-17(3)9-12-20(19)28-23/h6-12,14H,1,13,15H2,2-5H3. The third-order valence-electron chi connectivity index (χ3n) is 5.04. The lowest BCUT2D eigenvalue weighted by Crippen LogP contribution is -2.62. The summed E-state index contributed by atoms with van der Waals surface area (Å²) >= 11 is 0. The molecule has 3 rings (SSSR count). The molecule has 0 spiro atoms. The Morgan fingerprint density at radius 1 is 1.18 bits per heavy atom. The van der Waals surface area contributed by atoms with Gasteiger partial charge in [0.15, 0.2) is 0 Å². The molecule has 1 aliphatic rings. The summed E-state index contributed by atoms with van der Waals surface area (Å²) in [5.74, 6) is -0.234. The Bertz CT molecular complexity index is 920. The SMILES string of the molecule is C=CCN(Cc1ccc(C)cc1)C(=O)C1(C)Oc2ccc(C)cc2N(C)C1=O. The highest BCUT2D eigenvalue weighted by molar-refractivity contribution is 6.16. The topological polar surface area (TPSA) is 49.9 Å². The Labute approximate surface area is 166 Å². The van der Waals surface area contributed by atoms with Crippen LogP contribution in [0.15, 0.2) is 55.1 Å². The maximum absolute atomic E-state index is 13.4. The van der Waals surface area contributed by atoms with E-state index in [9.17, 15) is 9.59 Å². The highest BCUT2D eigenvalue weighted by Gasteiger charge is 2.51. The van der Waals surface area contributed by atoms with E-state index in [2.05, 4.69) is 6.58 Å². The Morgan fingerprint density at radius 3 is 2.46 bits per heavy atom. The third kappa shape index (κ3) is 3.52. The molecule has 0 saturated heterocycles. The van der Waals surface area contributed by atoms with Crippen molar-refractivity contribution in [1.82, 2.24) is 4.90 Å².